The Kier molecular flexibility index (Phi) is 6.29. The predicted octanol–water partition coefficient (Wildman–Crippen LogP) is 1.73. The molecule has 0 spiro atoms. The van der Waals surface area contributed by atoms with Crippen molar-refractivity contribution >= 4 is 18.0 Å². The second kappa shape index (κ2) is 7.99. The Morgan fingerprint density at radius 3 is 2.35 bits per heavy atom. The van der Waals surface area contributed by atoms with Crippen LogP contribution < -0.4 is 4.74 Å². The third-order valence-electron chi connectivity index (χ3n) is 2.78. The maximum atomic E-state index is 11.9. The molecule has 1 amide bonds. The van der Waals surface area contributed by atoms with Crippen molar-refractivity contribution < 1.29 is 19.1 Å². The largest absolute Gasteiger partial charge is 0.497 e. The molecule has 1 aromatic carbocycles. The van der Waals surface area contributed by atoms with E-state index in [2.05, 4.69) is 4.74 Å². The summed E-state index contributed by atoms with van der Waals surface area (Å²) in [7, 11) is 2.90. The van der Waals surface area contributed by atoms with E-state index in [9.17, 15) is 9.59 Å². The summed E-state index contributed by atoms with van der Waals surface area (Å²) in [5.41, 5.74) is 0.883. The first kappa shape index (κ1) is 15.8. The van der Waals surface area contributed by atoms with Crippen LogP contribution in [-0.4, -0.2) is 44.1 Å². The van der Waals surface area contributed by atoms with E-state index in [0.717, 1.165) is 11.3 Å². The highest BCUT2D eigenvalue weighted by Crippen LogP contribution is 2.12. The molecule has 1 rings (SSSR count). The Morgan fingerprint density at radius 2 is 1.85 bits per heavy atom. The number of hydrogen-bond donors (Lipinski definition) is 0. The van der Waals surface area contributed by atoms with Crippen LogP contribution in [0.1, 0.15) is 12.5 Å². The van der Waals surface area contributed by atoms with E-state index in [4.69, 9.17) is 4.74 Å². The van der Waals surface area contributed by atoms with Gasteiger partial charge in [0, 0.05) is 12.6 Å². The number of hydrogen-bond acceptors (Lipinski definition) is 4. The molecule has 0 radical (unpaired) electrons. The summed E-state index contributed by atoms with van der Waals surface area (Å²) in [4.78, 5) is 24.5. The van der Waals surface area contributed by atoms with Gasteiger partial charge in [0.2, 0.25) is 5.91 Å². The molecule has 0 saturated heterocycles. The van der Waals surface area contributed by atoms with Crippen molar-refractivity contribution in [3.63, 3.8) is 0 Å². The molecule has 0 fully saturated rings. The van der Waals surface area contributed by atoms with Gasteiger partial charge in [-0.05, 0) is 30.7 Å². The zero-order valence-corrected chi connectivity index (χ0v) is 12.0. The minimum absolute atomic E-state index is 0.0429. The average molecular weight is 277 g/mol. The van der Waals surface area contributed by atoms with E-state index in [1.54, 1.807) is 13.2 Å². The molecule has 0 aliphatic carbocycles. The summed E-state index contributed by atoms with van der Waals surface area (Å²) in [5.74, 6) is 0.0983. The van der Waals surface area contributed by atoms with Gasteiger partial charge in [-0.15, -0.1) is 0 Å². The molecule has 0 heterocycles. The second-order valence-corrected chi connectivity index (χ2v) is 4.04. The second-order valence-electron chi connectivity index (χ2n) is 4.04. The molecule has 0 saturated carbocycles. The Bertz CT molecular complexity index is 479. The fourth-order valence-electron chi connectivity index (χ4n) is 1.55. The predicted molar refractivity (Wildman–Crippen MR) is 76.3 cm³/mol. The van der Waals surface area contributed by atoms with Crippen LogP contribution in [0.25, 0.3) is 6.08 Å². The highest BCUT2D eigenvalue weighted by molar-refractivity contribution is 5.93. The van der Waals surface area contributed by atoms with Crippen LogP contribution in [0, 0.1) is 0 Å². The van der Waals surface area contributed by atoms with Crippen LogP contribution in [0.2, 0.25) is 0 Å². The molecule has 5 nitrogen and oxygen atoms in total. The van der Waals surface area contributed by atoms with Gasteiger partial charge in [0.15, 0.2) is 0 Å². The van der Waals surface area contributed by atoms with Crippen molar-refractivity contribution in [2.45, 2.75) is 6.92 Å². The monoisotopic (exact) mass is 277 g/mol. The molecule has 0 aliphatic heterocycles. The average Bonchev–Trinajstić information content (AvgIpc) is 2.50. The molecule has 1 aromatic rings. The molecule has 0 unspecified atom stereocenters. The summed E-state index contributed by atoms with van der Waals surface area (Å²) in [5, 5.41) is 0. The first-order valence-corrected chi connectivity index (χ1v) is 6.28. The third kappa shape index (κ3) is 4.76. The van der Waals surface area contributed by atoms with Crippen molar-refractivity contribution in [3.05, 3.63) is 35.9 Å². The van der Waals surface area contributed by atoms with Gasteiger partial charge in [-0.3, -0.25) is 9.59 Å². The van der Waals surface area contributed by atoms with Crippen LogP contribution in [0.15, 0.2) is 30.3 Å². The smallest absolute Gasteiger partial charge is 0.325 e. The lowest BCUT2D eigenvalue weighted by molar-refractivity contribution is -0.145. The molecule has 0 N–H and O–H groups in total. The lowest BCUT2D eigenvalue weighted by Gasteiger charge is -2.17. The van der Waals surface area contributed by atoms with Crippen molar-refractivity contribution in [1.82, 2.24) is 4.90 Å². The molecule has 0 bridgehead atoms. The highest BCUT2D eigenvalue weighted by Gasteiger charge is 2.12. The highest BCUT2D eigenvalue weighted by atomic mass is 16.5. The Labute approximate surface area is 118 Å². The van der Waals surface area contributed by atoms with Gasteiger partial charge in [-0.25, -0.2) is 0 Å². The topological polar surface area (TPSA) is 55.8 Å². The van der Waals surface area contributed by atoms with E-state index in [-0.39, 0.29) is 12.5 Å². The van der Waals surface area contributed by atoms with Gasteiger partial charge in [-0.2, -0.15) is 0 Å². The zero-order chi connectivity index (χ0) is 15.0. The fourth-order valence-corrected chi connectivity index (χ4v) is 1.55. The van der Waals surface area contributed by atoms with E-state index in [0.29, 0.717) is 6.54 Å². The van der Waals surface area contributed by atoms with Crippen LogP contribution in [-0.2, 0) is 14.3 Å². The first-order valence-electron chi connectivity index (χ1n) is 6.28. The SMILES string of the molecule is CCN(CC(=O)OC)C(=O)C=Cc1ccc(OC)cc1. The number of carbonyl (C=O) groups is 2. The quantitative estimate of drug-likeness (QED) is 0.587. The normalized spacial score (nSPS) is 10.3. The van der Waals surface area contributed by atoms with Gasteiger partial charge in [0.05, 0.1) is 14.2 Å². The summed E-state index contributed by atoms with van der Waals surface area (Å²) < 4.78 is 9.61. The van der Waals surface area contributed by atoms with Gasteiger partial charge in [0.25, 0.3) is 0 Å². The molecule has 5 heteroatoms. The van der Waals surface area contributed by atoms with Crippen molar-refractivity contribution in [3.8, 4) is 5.75 Å². The summed E-state index contributed by atoms with van der Waals surface area (Å²) in [6.45, 7) is 2.21. The van der Waals surface area contributed by atoms with Crippen LogP contribution in [0.5, 0.6) is 5.75 Å². The minimum atomic E-state index is -0.432. The van der Waals surface area contributed by atoms with Gasteiger partial charge in [0.1, 0.15) is 12.3 Å². The van der Waals surface area contributed by atoms with Crippen molar-refractivity contribution in [2.24, 2.45) is 0 Å². The number of amides is 1. The van der Waals surface area contributed by atoms with Gasteiger partial charge < -0.3 is 14.4 Å². The van der Waals surface area contributed by atoms with E-state index in [1.807, 2.05) is 31.2 Å². The van der Waals surface area contributed by atoms with Gasteiger partial charge in [-0.1, -0.05) is 12.1 Å². The number of esters is 1. The number of benzene rings is 1. The maximum absolute atomic E-state index is 11.9. The lowest BCUT2D eigenvalue weighted by atomic mass is 10.2. The van der Waals surface area contributed by atoms with E-state index >= 15 is 0 Å². The molecule has 0 aliphatic rings. The Balaban J connectivity index is 2.66. The number of likely N-dealkylation sites (N-methyl/N-ethyl adjacent to an activating group) is 1. The lowest BCUT2D eigenvalue weighted by Crippen LogP contribution is -2.34. The van der Waals surface area contributed by atoms with Crippen LogP contribution in [0.3, 0.4) is 0 Å². The van der Waals surface area contributed by atoms with Gasteiger partial charge >= 0.3 is 5.97 Å². The number of ether oxygens (including phenoxy) is 2. The molecule has 20 heavy (non-hydrogen) atoms. The fraction of sp³-hybridized carbons (Fsp3) is 0.333. The third-order valence-corrected chi connectivity index (χ3v) is 2.78. The maximum Gasteiger partial charge on any atom is 0.325 e. The van der Waals surface area contributed by atoms with Crippen molar-refractivity contribution in [1.29, 1.82) is 0 Å². The molecular weight excluding hydrogens is 258 g/mol. The van der Waals surface area contributed by atoms with Crippen LogP contribution >= 0.6 is 0 Å². The zero-order valence-electron chi connectivity index (χ0n) is 12.0. The number of rotatable bonds is 6. The van der Waals surface area contributed by atoms with E-state index < -0.39 is 5.97 Å². The number of methoxy groups -OCH3 is 2. The molecule has 108 valence electrons. The summed E-state index contributed by atoms with van der Waals surface area (Å²) >= 11 is 0. The number of nitrogens with zero attached hydrogens (tertiary/aromatic N) is 1. The molecule has 0 atom stereocenters. The standard InChI is InChI=1S/C15H19NO4/c1-4-16(11-15(18)20-3)14(17)10-7-12-5-8-13(19-2)9-6-12/h5-10H,4,11H2,1-3H3. The van der Waals surface area contributed by atoms with Crippen molar-refractivity contribution in [2.75, 3.05) is 27.3 Å². The molecular formula is C15H19NO4. The Hall–Kier alpha value is -2.30. The van der Waals surface area contributed by atoms with E-state index in [1.165, 1.54) is 18.1 Å². The molecule has 0 aromatic heterocycles. The summed E-state index contributed by atoms with van der Waals surface area (Å²) in [6, 6.07) is 7.32. The first-order chi connectivity index (χ1) is 9.60. The Morgan fingerprint density at radius 1 is 1.20 bits per heavy atom. The number of carbonyl (C=O) groups excluding carboxylic acids is 2. The van der Waals surface area contributed by atoms with Crippen LogP contribution in [0.4, 0.5) is 0 Å². The summed E-state index contributed by atoms with van der Waals surface area (Å²) in [6.07, 6.45) is 3.13. The minimum Gasteiger partial charge on any atom is -0.497 e.